The Bertz CT molecular complexity index is 613. The molecule has 16 heavy (non-hydrogen) atoms. The van der Waals surface area contributed by atoms with Crippen LogP contribution in [0.4, 0.5) is 0 Å². The molecule has 0 amide bonds. The summed E-state index contributed by atoms with van der Waals surface area (Å²) >= 11 is 2.17. The van der Waals surface area contributed by atoms with E-state index in [4.69, 9.17) is 0 Å². The summed E-state index contributed by atoms with van der Waals surface area (Å²) in [6.07, 6.45) is 0.980. The second-order valence-corrected chi connectivity index (χ2v) is 5.10. The van der Waals surface area contributed by atoms with Crippen molar-refractivity contribution in [2.45, 2.75) is 13.3 Å². The van der Waals surface area contributed by atoms with Crippen LogP contribution >= 0.6 is 22.6 Å². The Balaban J connectivity index is 2.41. The fourth-order valence-electron chi connectivity index (χ4n) is 2.26. The van der Waals surface area contributed by atoms with Crippen molar-refractivity contribution in [2.24, 2.45) is 4.99 Å². The molecule has 1 aliphatic rings. The summed E-state index contributed by atoms with van der Waals surface area (Å²) in [5.74, 6) is 0.335. The highest BCUT2D eigenvalue weighted by Gasteiger charge is 2.18. The Morgan fingerprint density at radius 2 is 2.25 bits per heavy atom. The van der Waals surface area contributed by atoms with Crippen molar-refractivity contribution in [3.05, 3.63) is 27.0 Å². The van der Waals surface area contributed by atoms with Crippen LogP contribution in [0.5, 0.6) is 5.75 Å². The second-order valence-electron chi connectivity index (χ2n) is 4.02. The van der Waals surface area contributed by atoms with Gasteiger partial charge in [-0.25, -0.2) is 0 Å². The molecule has 0 radical (unpaired) electrons. The fourth-order valence-corrected chi connectivity index (χ4v) is 2.86. The van der Waals surface area contributed by atoms with Gasteiger partial charge in [-0.2, -0.15) is 0 Å². The third kappa shape index (κ3) is 1.29. The van der Waals surface area contributed by atoms with E-state index in [1.807, 2.05) is 13.0 Å². The summed E-state index contributed by atoms with van der Waals surface area (Å²) in [6, 6.07) is 3.75. The number of aromatic nitrogens is 1. The Morgan fingerprint density at radius 3 is 3.06 bits per heavy atom. The van der Waals surface area contributed by atoms with Gasteiger partial charge in [0, 0.05) is 11.9 Å². The molecule has 0 atom stereocenters. The number of hydrogen-bond acceptors (Lipinski definition) is 2. The number of aromatic hydroxyl groups is 1. The maximum Gasteiger partial charge on any atom is 0.131 e. The minimum absolute atomic E-state index is 0.335. The number of rotatable bonds is 0. The third-order valence-electron chi connectivity index (χ3n) is 3.07. The van der Waals surface area contributed by atoms with Crippen LogP contribution in [0.25, 0.3) is 10.9 Å². The lowest BCUT2D eigenvalue weighted by atomic mass is 10.0. The van der Waals surface area contributed by atoms with E-state index in [0.717, 1.165) is 33.5 Å². The van der Waals surface area contributed by atoms with E-state index in [1.165, 1.54) is 10.9 Å². The Labute approximate surface area is 107 Å². The number of fused-ring (bicyclic) bond motifs is 3. The van der Waals surface area contributed by atoms with Gasteiger partial charge in [0.25, 0.3) is 0 Å². The van der Waals surface area contributed by atoms with Crippen LogP contribution < -0.4 is 0 Å². The predicted molar refractivity (Wildman–Crippen MR) is 73.5 cm³/mol. The highest BCUT2D eigenvalue weighted by atomic mass is 127. The first kappa shape index (κ1) is 10.1. The minimum atomic E-state index is 0.335. The molecule has 1 aliphatic heterocycles. The molecule has 82 valence electrons. The lowest BCUT2D eigenvalue weighted by molar-refractivity contribution is 0.472. The van der Waals surface area contributed by atoms with E-state index in [9.17, 15) is 5.11 Å². The second kappa shape index (κ2) is 3.48. The molecule has 1 aromatic carbocycles. The quantitative estimate of drug-likeness (QED) is 0.719. The molecule has 0 saturated carbocycles. The van der Waals surface area contributed by atoms with Crippen LogP contribution in [0.1, 0.15) is 18.2 Å². The summed E-state index contributed by atoms with van der Waals surface area (Å²) < 4.78 is 0.886. The van der Waals surface area contributed by atoms with Crippen molar-refractivity contribution in [2.75, 3.05) is 6.54 Å². The van der Waals surface area contributed by atoms with Gasteiger partial charge in [0.1, 0.15) is 5.75 Å². The van der Waals surface area contributed by atoms with Crippen LogP contribution in [0, 0.1) is 3.57 Å². The lowest BCUT2D eigenvalue weighted by Crippen LogP contribution is -2.08. The molecule has 0 unspecified atom stereocenters. The smallest absolute Gasteiger partial charge is 0.131 e. The predicted octanol–water partition coefficient (Wildman–Crippen LogP) is 2.84. The number of aliphatic imine (C=N–C) groups is 1. The van der Waals surface area contributed by atoms with Crippen LogP contribution in [-0.4, -0.2) is 22.3 Å². The van der Waals surface area contributed by atoms with Crippen molar-refractivity contribution < 1.29 is 5.11 Å². The van der Waals surface area contributed by atoms with E-state index < -0.39 is 0 Å². The van der Waals surface area contributed by atoms with Gasteiger partial charge in [0.05, 0.1) is 20.5 Å². The number of nitrogens with one attached hydrogen (secondary N) is 1. The van der Waals surface area contributed by atoms with Gasteiger partial charge in [0.15, 0.2) is 0 Å². The molecule has 2 heterocycles. The molecule has 4 heteroatoms. The van der Waals surface area contributed by atoms with E-state index in [2.05, 4.69) is 32.6 Å². The first-order valence-corrected chi connectivity index (χ1v) is 6.30. The average Bonchev–Trinajstić information content (AvgIpc) is 2.65. The maximum atomic E-state index is 9.69. The zero-order valence-electron chi connectivity index (χ0n) is 8.84. The first-order chi connectivity index (χ1) is 7.68. The molecule has 2 aromatic rings. The number of benzene rings is 1. The van der Waals surface area contributed by atoms with Gasteiger partial charge in [0.2, 0.25) is 0 Å². The molecular formula is C12H11IN2O. The average molecular weight is 326 g/mol. The van der Waals surface area contributed by atoms with E-state index >= 15 is 0 Å². The van der Waals surface area contributed by atoms with E-state index in [0.29, 0.717) is 5.75 Å². The first-order valence-electron chi connectivity index (χ1n) is 5.22. The molecule has 3 nitrogen and oxygen atoms in total. The number of H-pyrrole nitrogens is 1. The normalized spacial score (nSPS) is 15.0. The standard InChI is InChI=1S/C12H11IN2O/c1-6-11-8(4-5-14-6)7-2-3-9(16)10(13)12(7)15-11/h2-3,15-16H,4-5H2,1H3. The molecule has 0 fully saturated rings. The number of aromatic amines is 1. The summed E-state index contributed by atoms with van der Waals surface area (Å²) in [5, 5.41) is 10.9. The number of nitrogens with zero attached hydrogens (tertiary/aromatic N) is 1. The molecule has 0 spiro atoms. The number of phenolic OH excluding ortho intramolecular Hbond substituents is 1. The summed E-state index contributed by atoms with van der Waals surface area (Å²) in [7, 11) is 0. The zero-order chi connectivity index (χ0) is 11.3. The summed E-state index contributed by atoms with van der Waals surface area (Å²) in [5.41, 5.74) is 4.56. The van der Waals surface area contributed by atoms with Crippen LogP contribution in [0.2, 0.25) is 0 Å². The van der Waals surface area contributed by atoms with Crippen molar-refractivity contribution in [1.82, 2.24) is 4.98 Å². The minimum Gasteiger partial charge on any atom is -0.507 e. The summed E-state index contributed by atoms with van der Waals surface area (Å²) in [6.45, 7) is 2.89. The lowest BCUT2D eigenvalue weighted by Gasteiger charge is -2.08. The zero-order valence-corrected chi connectivity index (χ0v) is 11.0. The molecule has 0 bridgehead atoms. The van der Waals surface area contributed by atoms with E-state index in [1.54, 1.807) is 6.07 Å². The molecule has 1 aromatic heterocycles. The maximum absolute atomic E-state index is 9.69. The van der Waals surface area contributed by atoms with Crippen molar-refractivity contribution in [3.8, 4) is 5.75 Å². The van der Waals surface area contributed by atoms with Gasteiger partial charge >= 0.3 is 0 Å². The monoisotopic (exact) mass is 326 g/mol. The fraction of sp³-hybridized carbons (Fsp3) is 0.250. The van der Waals surface area contributed by atoms with Gasteiger partial charge < -0.3 is 10.1 Å². The van der Waals surface area contributed by atoms with Crippen LogP contribution in [0.15, 0.2) is 17.1 Å². The molecular weight excluding hydrogens is 315 g/mol. The summed E-state index contributed by atoms with van der Waals surface area (Å²) in [4.78, 5) is 7.82. The van der Waals surface area contributed by atoms with Crippen molar-refractivity contribution in [1.29, 1.82) is 0 Å². The Kier molecular flexibility index (Phi) is 2.20. The van der Waals surface area contributed by atoms with Gasteiger partial charge in [-0.3, -0.25) is 4.99 Å². The highest BCUT2D eigenvalue weighted by Crippen LogP contribution is 2.33. The molecule has 3 rings (SSSR count). The topological polar surface area (TPSA) is 48.4 Å². The van der Waals surface area contributed by atoms with E-state index in [-0.39, 0.29) is 0 Å². The van der Waals surface area contributed by atoms with Crippen LogP contribution in [-0.2, 0) is 6.42 Å². The third-order valence-corrected chi connectivity index (χ3v) is 4.16. The SMILES string of the molecule is CC1=NCCc2c1[nH]c1c(I)c(O)ccc21. The molecule has 0 saturated heterocycles. The van der Waals surface area contributed by atoms with Crippen molar-refractivity contribution >= 4 is 39.2 Å². The highest BCUT2D eigenvalue weighted by molar-refractivity contribution is 14.1. The largest absolute Gasteiger partial charge is 0.507 e. The Hall–Kier alpha value is -1.04. The number of halogens is 1. The molecule has 0 aliphatic carbocycles. The number of phenols is 1. The Morgan fingerprint density at radius 1 is 1.44 bits per heavy atom. The van der Waals surface area contributed by atoms with Gasteiger partial charge in [-0.15, -0.1) is 0 Å². The van der Waals surface area contributed by atoms with Crippen LogP contribution in [0.3, 0.4) is 0 Å². The number of hydrogen-bond donors (Lipinski definition) is 2. The molecule has 2 N–H and O–H groups in total. The van der Waals surface area contributed by atoms with Crippen molar-refractivity contribution in [3.63, 3.8) is 0 Å². The van der Waals surface area contributed by atoms with Gasteiger partial charge in [-0.1, -0.05) is 0 Å². The van der Waals surface area contributed by atoms with Gasteiger partial charge in [-0.05, 0) is 53.6 Å².